The van der Waals surface area contributed by atoms with Crippen molar-refractivity contribution in [2.75, 3.05) is 26.4 Å². The number of carbonyl (C=O) groups excluding carboxylic acids is 3. The van der Waals surface area contributed by atoms with Crippen molar-refractivity contribution in [3.05, 3.63) is 109 Å². The molecule has 0 bridgehead atoms. The lowest BCUT2D eigenvalue weighted by Gasteiger charge is -2.21. The van der Waals surface area contributed by atoms with E-state index in [9.17, 15) is 28.9 Å². The molecule has 0 aliphatic rings. The Morgan fingerprint density at radius 3 is 1.18 bits per heavy atom. The summed E-state index contributed by atoms with van der Waals surface area (Å²) < 4.78 is 39.4. The second kappa shape index (κ2) is 53.4. The normalized spacial score (nSPS) is 14.2. The van der Waals surface area contributed by atoms with Gasteiger partial charge in [-0.2, -0.15) is 0 Å². The second-order valence-corrected chi connectivity index (χ2v) is 19.4. The van der Waals surface area contributed by atoms with E-state index in [1.165, 1.54) is 25.7 Å². The van der Waals surface area contributed by atoms with E-state index in [0.717, 1.165) is 122 Å². The molecule has 0 rings (SSSR count). The molecule has 0 aromatic carbocycles. The molecule has 3 unspecified atom stereocenters. The summed E-state index contributed by atoms with van der Waals surface area (Å²) in [4.78, 5) is 48.4. The van der Waals surface area contributed by atoms with Crippen LogP contribution < -0.4 is 0 Å². The molecule has 0 amide bonds. The quantitative estimate of drug-likeness (QED) is 0.0197. The molecular weight excluding hydrogens is 928 g/mol. The molecule has 0 spiro atoms. The van der Waals surface area contributed by atoms with Gasteiger partial charge in [-0.05, 0) is 116 Å². The summed E-state index contributed by atoms with van der Waals surface area (Å²) >= 11 is 0. The van der Waals surface area contributed by atoms with Crippen LogP contribution in [0.3, 0.4) is 0 Å². The zero-order valence-electron chi connectivity index (χ0n) is 45.1. The number of aliphatic hydroxyl groups excluding tert-OH is 1. The molecule has 0 aliphatic heterocycles. The molecule has 0 saturated heterocycles. The molecule has 0 radical (unpaired) electrons. The van der Waals surface area contributed by atoms with Crippen LogP contribution in [0.4, 0.5) is 0 Å². The molecule has 410 valence electrons. The van der Waals surface area contributed by atoms with Gasteiger partial charge in [0, 0.05) is 19.3 Å². The summed E-state index contributed by atoms with van der Waals surface area (Å²) in [5.41, 5.74) is 0. The van der Waals surface area contributed by atoms with Gasteiger partial charge in [-0.25, -0.2) is 4.57 Å². The number of phosphoric ester groups is 1. The van der Waals surface area contributed by atoms with Crippen LogP contribution in [0.25, 0.3) is 0 Å². The van der Waals surface area contributed by atoms with Crippen molar-refractivity contribution in [1.29, 1.82) is 0 Å². The molecule has 0 saturated carbocycles. The fourth-order valence-corrected chi connectivity index (χ4v) is 7.77. The Bertz CT molecular complexity index is 1620. The van der Waals surface area contributed by atoms with Crippen LogP contribution in [0.1, 0.15) is 213 Å². The zero-order chi connectivity index (χ0) is 52.7. The number of carbonyl (C=O) groups is 3. The van der Waals surface area contributed by atoms with E-state index in [-0.39, 0.29) is 25.9 Å². The number of esters is 3. The summed E-state index contributed by atoms with van der Waals surface area (Å²) in [6.07, 6.45) is 63.4. The minimum absolute atomic E-state index is 0.0814. The van der Waals surface area contributed by atoms with Crippen molar-refractivity contribution in [2.24, 2.45) is 0 Å². The molecule has 0 aromatic rings. The standard InChI is InChI=1S/C60H99O11P/c1-4-7-10-13-16-19-22-25-27-28-30-33-36-39-42-45-48-51-60(64)71-57(53-67-58(62)49-46-43-40-37-34-31-24-21-18-15-12-9-6-3)55-69-72(65,66)68-54-56(52-61)70-59(63)50-47-44-41-38-35-32-29-26-23-20-17-14-11-8-5-2/h7-8,10-11,16-17,19-21,24-27,29-30,33,39,42,56-57,61H,4-6,9,12-15,18,22-23,28,31-32,34-38,40-41,43-55H2,1-3H3,(H,65,66)/b10-7-,11-8-,19-16-,20-17-,24-21-,27-25-,29-26-,33-30-,42-39-. The molecule has 0 heterocycles. The van der Waals surface area contributed by atoms with Crippen LogP contribution in [-0.4, -0.2) is 66.5 Å². The average Bonchev–Trinajstić information content (AvgIpc) is 3.37. The Hall–Kier alpha value is -3.86. The molecule has 0 aliphatic carbocycles. The number of hydrogen-bond acceptors (Lipinski definition) is 10. The van der Waals surface area contributed by atoms with E-state index < -0.39 is 57.8 Å². The van der Waals surface area contributed by atoms with Gasteiger partial charge in [0.15, 0.2) is 6.10 Å². The lowest BCUT2D eigenvalue weighted by atomic mass is 10.1. The van der Waals surface area contributed by atoms with E-state index in [4.69, 9.17) is 23.3 Å². The lowest BCUT2D eigenvalue weighted by Crippen LogP contribution is -2.30. The molecule has 3 atom stereocenters. The Balaban J connectivity index is 4.85. The first-order chi connectivity index (χ1) is 35.2. The number of allylic oxidation sites excluding steroid dienone is 18. The minimum Gasteiger partial charge on any atom is -0.462 e. The largest absolute Gasteiger partial charge is 0.472 e. The highest BCUT2D eigenvalue weighted by Gasteiger charge is 2.28. The third kappa shape index (κ3) is 51.1. The van der Waals surface area contributed by atoms with Crippen LogP contribution in [-0.2, 0) is 42.2 Å². The van der Waals surface area contributed by atoms with Crippen LogP contribution in [0.2, 0.25) is 0 Å². The maximum atomic E-state index is 12.9. The van der Waals surface area contributed by atoms with Gasteiger partial charge < -0.3 is 24.2 Å². The van der Waals surface area contributed by atoms with Crippen molar-refractivity contribution >= 4 is 25.7 Å². The Morgan fingerprint density at radius 1 is 0.403 bits per heavy atom. The molecule has 0 aromatic heterocycles. The molecule has 12 heteroatoms. The summed E-state index contributed by atoms with van der Waals surface area (Å²) in [6.45, 7) is 4.29. The van der Waals surface area contributed by atoms with E-state index in [2.05, 4.69) is 118 Å². The molecular formula is C60H99O11P. The highest BCUT2D eigenvalue weighted by molar-refractivity contribution is 7.47. The first-order valence-electron chi connectivity index (χ1n) is 27.8. The lowest BCUT2D eigenvalue weighted by molar-refractivity contribution is -0.161. The monoisotopic (exact) mass is 1030 g/mol. The van der Waals surface area contributed by atoms with Crippen molar-refractivity contribution in [1.82, 2.24) is 0 Å². The first kappa shape index (κ1) is 68.1. The van der Waals surface area contributed by atoms with Crippen molar-refractivity contribution in [3.63, 3.8) is 0 Å². The maximum absolute atomic E-state index is 12.9. The SMILES string of the molecule is CC/C=C\C/C=C\C/C=C\C/C=C\C/C=C\CCCC(=O)OC(COC(=O)CCCCCCC/C=C\CCCCCC)COP(=O)(O)OCC(CO)OC(=O)CCCCCCC/C=C\C/C=C\C/C=C\CC. The van der Waals surface area contributed by atoms with Gasteiger partial charge in [0.25, 0.3) is 0 Å². The Kier molecular flexibility index (Phi) is 50.6. The summed E-state index contributed by atoms with van der Waals surface area (Å²) in [7, 11) is -4.77. The molecule has 11 nitrogen and oxygen atoms in total. The van der Waals surface area contributed by atoms with Gasteiger partial charge in [0.05, 0.1) is 19.8 Å². The van der Waals surface area contributed by atoms with Gasteiger partial charge in [-0.15, -0.1) is 0 Å². The van der Waals surface area contributed by atoms with Crippen LogP contribution in [0, 0.1) is 0 Å². The van der Waals surface area contributed by atoms with Crippen molar-refractivity contribution < 1.29 is 52.2 Å². The van der Waals surface area contributed by atoms with Crippen LogP contribution in [0.15, 0.2) is 109 Å². The highest BCUT2D eigenvalue weighted by Crippen LogP contribution is 2.43. The Labute approximate surface area is 437 Å². The Morgan fingerprint density at radius 2 is 0.736 bits per heavy atom. The second-order valence-electron chi connectivity index (χ2n) is 18.0. The predicted octanol–water partition coefficient (Wildman–Crippen LogP) is 16.2. The summed E-state index contributed by atoms with van der Waals surface area (Å²) in [5, 5.41) is 9.80. The van der Waals surface area contributed by atoms with E-state index >= 15 is 0 Å². The highest BCUT2D eigenvalue weighted by atomic mass is 31.2. The molecule has 0 fully saturated rings. The van der Waals surface area contributed by atoms with Crippen LogP contribution >= 0.6 is 7.82 Å². The summed E-state index contributed by atoms with van der Waals surface area (Å²) in [6, 6.07) is 0. The van der Waals surface area contributed by atoms with Crippen LogP contribution in [0.5, 0.6) is 0 Å². The third-order valence-electron chi connectivity index (χ3n) is 11.2. The fraction of sp³-hybridized carbons (Fsp3) is 0.650. The average molecular weight is 1030 g/mol. The number of aliphatic hydroxyl groups is 1. The van der Waals surface area contributed by atoms with E-state index in [1.54, 1.807) is 0 Å². The van der Waals surface area contributed by atoms with E-state index in [0.29, 0.717) is 25.7 Å². The van der Waals surface area contributed by atoms with Gasteiger partial charge >= 0.3 is 25.7 Å². The first-order valence-corrected chi connectivity index (χ1v) is 29.3. The smallest absolute Gasteiger partial charge is 0.462 e. The van der Waals surface area contributed by atoms with Gasteiger partial charge in [-0.3, -0.25) is 23.4 Å². The third-order valence-corrected chi connectivity index (χ3v) is 12.1. The number of ether oxygens (including phenoxy) is 3. The fourth-order valence-electron chi connectivity index (χ4n) is 6.99. The van der Waals surface area contributed by atoms with Gasteiger partial charge in [-0.1, -0.05) is 188 Å². The molecule has 72 heavy (non-hydrogen) atoms. The maximum Gasteiger partial charge on any atom is 0.472 e. The van der Waals surface area contributed by atoms with Crippen molar-refractivity contribution in [3.8, 4) is 0 Å². The topological polar surface area (TPSA) is 155 Å². The van der Waals surface area contributed by atoms with E-state index in [1.807, 2.05) is 12.2 Å². The molecule has 2 N–H and O–H groups in total. The van der Waals surface area contributed by atoms with Gasteiger partial charge in [0.1, 0.15) is 12.7 Å². The minimum atomic E-state index is -4.77. The summed E-state index contributed by atoms with van der Waals surface area (Å²) in [5.74, 6) is -1.57. The number of phosphoric acid groups is 1. The number of hydrogen-bond donors (Lipinski definition) is 2. The number of rotatable bonds is 50. The zero-order valence-corrected chi connectivity index (χ0v) is 46.0. The van der Waals surface area contributed by atoms with Crippen molar-refractivity contribution in [2.45, 2.75) is 226 Å². The van der Waals surface area contributed by atoms with Gasteiger partial charge in [0.2, 0.25) is 0 Å². The number of unbranched alkanes of at least 4 members (excludes halogenated alkanes) is 15. The predicted molar refractivity (Wildman–Crippen MR) is 297 cm³/mol.